The molecule has 0 amide bonds. The third-order valence-corrected chi connectivity index (χ3v) is 2.66. The molecule has 1 atom stereocenters. The van der Waals surface area contributed by atoms with Crippen LogP contribution in [0.5, 0.6) is 0 Å². The van der Waals surface area contributed by atoms with Crippen LogP contribution in [0.1, 0.15) is 31.4 Å². The van der Waals surface area contributed by atoms with E-state index in [2.05, 4.69) is 10.1 Å². The average Bonchev–Trinajstić information content (AvgIpc) is 2.36. The number of methoxy groups -OCH3 is 1. The third-order valence-electron chi connectivity index (χ3n) is 2.66. The first-order valence-electron chi connectivity index (χ1n) is 5.79. The molecule has 0 saturated carbocycles. The highest BCUT2D eigenvalue weighted by atomic mass is 19.1. The Labute approximate surface area is 105 Å². The van der Waals surface area contributed by atoms with Crippen LogP contribution in [0.4, 0.5) is 8.78 Å². The monoisotopic (exact) mass is 257 g/mol. The number of benzene rings is 1. The molecule has 0 radical (unpaired) electrons. The van der Waals surface area contributed by atoms with Gasteiger partial charge < -0.3 is 10.1 Å². The predicted octanol–water partition coefficient (Wildman–Crippen LogP) is 2.57. The van der Waals surface area contributed by atoms with Crippen molar-refractivity contribution in [2.75, 3.05) is 13.7 Å². The molecule has 0 bridgehead atoms. The summed E-state index contributed by atoms with van der Waals surface area (Å²) >= 11 is 0. The molecule has 1 N–H and O–H groups in total. The number of carbonyl (C=O) groups excluding carboxylic acids is 1. The van der Waals surface area contributed by atoms with Crippen molar-refractivity contribution in [3.05, 3.63) is 35.4 Å². The average molecular weight is 257 g/mol. The number of hydrogen-bond acceptors (Lipinski definition) is 3. The van der Waals surface area contributed by atoms with Gasteiger partial charge in [0.25, 0.3) is 0 Å². The second-order valence-corrected chi connectivity index (χ2v) is 4.02. The van der Waals surface area contributed by atoms with Gasteiger partial charge in [-0.3, -0.25) is 4.79 Å². The fourth-order valence-electron chi connectivity index (χ4n) is 1.61. The van der Waals surface area contributed by atoms with Crippen molar-refractivity contribution >= 4 is 5.97 Å². The van der Waals surface area contributed by atoms with Crippen LogP contribution in [-0.4, -0.2) is 19.6 Å². The minimum absolute atomic E-state index is 0.276. The Balaban J connectivity index is 2.43. The van der Waals surface area contributed by atoms with Crippen LogP contribution < -0.4 is 5.32 Å². The van der Waals surface area contributed by atoms with Crippen LogP contribution in [0.25, 0.3) is 0 Å². The van der Waals surface area contributed by atoms with Crippen molar-refractivity contribution in [3.63, 3.8) is 0 Å². The van der Waals surface area contributed by atoms with Gasteiger partial charge in [-0.25, -0.2) is 8.78 Å². The first-order valence-corrected chi connectivity index (χ1v) is 5.79. The molecule has 18 heavy (non-hydrogen) atoms. The summed E-state index contributed by atoms with van der Waals surface area (Å²) in [4.78, 5) is 10.9. The smallest absolute Gasteiger partial charge is 0.305 e. The maximum atomic E-state index is 13.4. The lowest BCUT2D eigenvalue weighted by Crippen LogP contribution is -2.21. The van der Waals surface area contributed by atoms with Gasteiger partial charge in [0, 0.05) is 18.0 Å². The maximum Gasteiger partial charge on any atom is 0.305 e. The highest BCUT2D eigenvalue weighted by Crippen LogP contribution is 2.17. The molecular formula is C13H17F2NO2. The number of esters is 1. The molecule has 100 valence electrons. The van der Waals surface area contributed by atoms with E-state index in [4.69, 9.17) is 0 Å². The fraction of sp³-hybridized carbons (Fsp3) is 0.462. The molecule has 0 aromatic heterocycles. The quantitative estimate of drug-likeness (QED) is 0.628. The van der Waals surface area contributed by atoms with Crippen LogP contribution in [-0.2, 0) is 9.53 Å². The summed E-state index contributed by atoms with van der Waals surface area (Å²) in [5.74, 6) is -1.18. The summed E-state index contributed by atoms with van der Waals surface area (Å²) in [6.45, 7) is 2.28. The molecule has 0 aliphatic heterocycles. The van der Waals surface area contributed by atoms with Crippen molar-refractivity contribution in [1.82, 2.24) is 5.32 Å². The molecule has 1 aromatic rings. The number of hydrogen-bond donors (Lipinski definition) is 1. The van der Waals surface area contributed by atoms with Crippen molar-refractivity contribution in [3.8, 4) is 0 Å². The van der Waals surface area contributed by atoms with Gasteiger partial charge in [-0.15, -0.1) is 0 Å². The molecule has 3 nitrogen and oxygen atoms in total. The van der Waals surface area contributed by atoms with E-state index >= 15 is 0 Å². The molecule has 0 aliphatic carbocycles. The van der Waals surface area contributed by atoms with Gasteiger partial charge in [0.15, 0.2) is 0 Å². The zero-order valence-corrected chi connectivity index (χ0v) is 10.5. The Hall–Kier alpha value is -1.49. The number of rotatable bonds is 6. The van der Waals surface area contributed by atoms with Crippen molar-refractivity contribution in [2.45, 2.75) is 25.8 Å². The first-order chi connectivity index (χ1) is 8.54. The van der Waals surface area contributed by atoms with Gasteiger partial charge >= 0.3 is 5.97 Å². The summed E-state index contributed by atoms with van der Waals surface area (Å²) < 4.78 is 30.9. The van der Waals surface area contributed by atoms with Crippen molar-refractivity contribution in [2.24, 2.45) is 0 Å². The van der Waals surface area contributed by atoms with Gasteiger partial charge in [0.2, 0.25) is 0 Å². The highest BCUT2D eigenvalue weighted by molar-refractivity contribution is 5.69. The lowest BCUT2D eigenvalue weighted by Gasteiger charge is -2.14. The van der Waals surface area contributed by atoms with Gasteiger partial charge in [0.1, 0.15) is 11.6 Å². The minimum Gasteiger partial charge on any atom is -0.469 e. The molecule has 0 fully saturated rings. The molecule has 1 rings (SSSR count). The molecule has 0 heterocycles. The maximum absolute atomic E-state index is 13.4. The Bertz CT molecular complexity index is 410. The normalized spacial score (nSPS) is 12.2. The van der Waals surface area contributed by atoms with E-state index in [1.807, 2.05) is 0 Å². The number of halogens is 2. The second kappa shape index (κ2) is 7.06. The van der Waals surface area contributed by atoms with Gasteiger partial charge in [-0.05, 0) is 38.1 Å². The summed E-state index contributed by atoms with van der Waals surface area (Å²) in [6, 6.07) is 3.06. The molecule has 5 heteroatoms. The Morgan fingerprint density at radius 2 is 2.17 bits per heavy atom. The third kappa shape index (κ3) is 4.41. The minimum atomic E-state index is -0.463. The number of carbonyl (C=O) groups is 1. The molecular weight excluding hydrogens is 240 g/mol. The van der Waals surface area contributed by atoms with Crippen LogP contribution in [0.2, 0.25) is 0 Å². The van der Waals surface area contributed by atoms with Crippen LogP contribution in [0, 0.1) is 11.6 Å². The SMILES string of the molecule is COC(=O)CCCNC(C)c1cc(F)ccc1F. The Morgan fingerprint density at radius 3 is 2.83 bits per heavy atom. The Morgan fingerprint density at radius 1 is 1.44 bits per heavy atom. The van der Waals surface area contributed by atoms with Crippen LogP contribution in [0.3, 0.4) is 0 Å². The number of nitrogens with one attached hydrogen (secondary N) is 1. The standard InChI is InChI=1S/C13H17F2NO2/c1-9(16-7-3-4-13(17)18-2)11-8-10(14)5-6-12(11)15/h5-6,8-9,16H,3-4,7H2,1-2H3. The molecule has 0 saturated heterocycles. The van der Waals surface area contributed by atoms with Crippen LogP contribution in [0.15, 0.2) is 18.2 Å². The molecule has 0 aliphatic rings. The summed E-state index contributed by atoms with van der Waals surface area (Å²) in [5, 5.41) is 3.03. The first kappa shape index (κ1) is 14.6. The predicted molar refractivity (Wildman–Crippen MR) is 64.0 cm³/mol. The van der Waals surface area contributed by atoms with Gasteiger partial charge in [-0.1, -0.05) is 0 Å². The lowest BCUT2D eigenvalue weighted by molar-refractivity contribution is -0.140. The van der Waals surface area contributed by atoms with E-state index in [0.29, 0.717) is 19.4 Å². The van der Waals surface area contributed by atoms with Crippen molar-refractivity contribution in [1.29, 1.82) is 0 Å². The fourth-order valence-corrected chi connectivity index (χ4v) is 1.61. The largest absolute Gasteiger partial charge is 0.469 e. The van der Waals surface area contributed by atoms with Gasteiger partial charge in [-0.2, -0.15) is 0 Å². The molecule has 1 unspecified atom stereocenters. The second-order valence-electron chi connectivity index (χ2n) is 4.02. The van der Waals surface area contributed by atoms with E-state index in [0.717, 1.165) is 12.1 Å². The van der Waals surface area contributed by atoms with Gasteiger partial charge in [0.05, 0.1) is 7.11 Å². The Kier molecular flexibility index (Phi) is 5.71. The van der Waals surface area contributed by atoms with E-state index in [-0.39, 0.29) is 17.6 Å². The lowest BCUT2D eigenvalue weighted by atomic mass is 10.1. The van der Waals surface area contributed by atoms with Crippen LogP contribution >= 0.6 is 0 Å². The van der Waals surface area contributed by atoms with E-state index in [1.54, 1.807) is 6.92 Å². The van der Waals surface area contributed by atoms with E-state index < -0.39 is 11.6 Å². The summed E-state index contributed by atoms with van der Waals surface area (Å²) in [7, 11) is 1.33. The molecule has 0 spiro atoms. The van der Waals surface area contributed by atoms with E-state index in [1.165, 1.54) is 13.2 Å². The zero-order valence-electron chi connectivity index (χ0n) is 10.5. The topological polar surface area (TPSA) is 38.3 Å². The summed E-state index contributed by atoms with van der Waals surface area (Å²) in [5.41, 5.74) is 0.285. The van der Waals surface area contributed by atoms with E-state index in [9.17, 15) is 13.6 Å². The summed E-state index contributed by atoms with van der Waals surface area (Å²) in [6.07, 6.45) is 0.899. The molecule has 1 aromatic carbocycles. The number of ether oxygens (including phenoxy) is 1. The highest BCUT2D eigenvalue weighted by Gasteiger charge is 2.11. The zero-order chi connectivity index (χ0) is 13.5. The van der Waals surface area contributed by atoms with Crippen molar-refractivity contribution < 1.29 is 18.3 Å².